The van der Waals surface area contributed by atoms with Gasteiger partial charge in [-0.1, -0.05) is 253 Å². The van der Waals surface area contributed by atoms with Gasteiger partial charge in [0.25, 0.3) is 0 Å². The zero-order chi connectivity index (χ0) is 109. The summed E-state index contributed by atoms with van der Waals surface area (Å²) >= 11 is 6.12. The van der Waals surface area contributed by atoms with Crippen LogP contribution >= 0.6 is 31.9 Å². The van der Waals surface area contributed by atoms with Gasteiger partial charge < -0.3 is 30.6 Å². The number of aliphatic hydroxyl groups is 2. The summed E-state index contributed by atoms with van der Waals surface area (Å²) in [5, 5.41) is 59.5. The molecule has 0 heterocycles. The van der Waals surface area contributed by atoms with Crippen LogP contribution in [0.5, 0.6) is 23.0 Å². The van der Waals surface area contributed by atoms with E-state index < -0.39 is 65.0 Å². The Hall–Kier alpha value is -9.77. The number of rotatable bonds is 16. The van der Waals surface area contributed by atoms with Crippen LogP contribution in [-0.2, 0) is 79.4 Å². The molecule has 0 saturated carbocycles. The van der Waals surface area contributed by atoms with Gasteiger partial charge in [0.2, 0.25) is 0 Å². The molecule has 14 heteroatoms. The smallest absolute Gasteiger partial charge is 0.137 e. The normalized spacial score (nSPS) is 12.0. The zero-order valence-electron chi connectivity index (χ0n) is 93.2. The number of phenols is 4. The molecule has 0 spiro atoms. The number of hydrogen-bond donors (Lipinski definition) is 6. The molecule has 6 N–H and O–H groups in total. The molecule has 0 atom stereocenters. The van der Waals surface area contributed by atoms with Crippen molar-refractivity contribution in [3.63, 3.8) is 0 Å². The maximum absolute atomic E-state index is 11.0. The van der Waals surface area contributed by atoms with Crippen molar-refractivity contribution in [1.82, 2.24) is 0 Å². The van der Waals surface area contributed by atoms with Crippen LogP contribution in [0.1, 0.15) is 309 Å². The summed E-state index contributed by atoms with van der Waals surface area (Å²) in [5.74, 6) is 4.67. The van der Waals surface area contributed by atoms with Crippen molar-refractivity contribution in [2.24, 2.45) is 26.7 Å². The third kappa shape index (κ3) is 40.1. The van der Waals surface area contributed by atoms with Gasteiger partial charge in [0.1, 0.15) is 23.0 Å². The monoisotopic (exact) mass is 2360 g/mol. The number of nitrogens with zero attached hydrogens (tertiary/aromatic N) is 3. The van der Waals surface area contributed by atoms with Gasteiger partial charge in [0.15, 0.2) is 0 Å². The number of phenolic OH excluding ortho intramolecular Hbond substituents is 4. The molecule has 0 aliphatic heterocycles. The Morgan fingerprint density at radius 1 is 0.257 bits per heavy atom. The first kappa shape index (κ1) is 123. The minimum absolute atomic E-state index is 0.288. The van der Waals surface area contributed by atoms with Crippen LogP contribution in [-0.4, -0.2) is 55.0 Å². The number of benzene rings is 14. The fourth-order valence-electron chi connectivity index (χ4n) is 16.7. The van der Waals surface area contributed by atoms with Crippen LogP contribution in [0.3, 0.4) is 0 Å². The molecule has 0 aromatic heterocycles. The van der Waals surface area contributed by atoms with Crippen molar-refractivity contribution in [2.75, 3.05) is 0 Å². The summed E-state index contributed by atoms with van der Waals surface area (Å²) in [7, 11) is 0. The van der Waals surface area contributed by atoms with Gasteiger partial charge in [-0.3, -0.25) is 0 Å². The summed E-state index contributed by atoms with van der Waals surface area (Å²) in [6, 6.07) is 102. The van der Waals surface area contributed by atoms with Gasteiger partial charge >= 0.3 is 380 Å². The van der Waals surface area contributed by atoms with E-state index in [1.807, 2.05) is 237 Å². The third-order valence-corrected chi connectivity index (χ3v) is 33.5. The Balaban J connectivity index is 0.000000207. The van der Waals surface area contributed by atoms with Gasteiger partial charge in [-0.15, -0.1) is 0 Å². The number of aryl methyl sites for hydroxylation is 2. The van der Waals surface area contributed by atoms with E-state index in [4.69, 9.17) is 20.7 Å². The van der Waals surface area contributed by atoms with Crippen molar-refractivity contribution in [1.29, 1.82) is 0 Å². The molecule has 784 valence electrons. The first-order chi connectivity index (χ1) is 69.8. The van der Waals surface area contributed by atoms with Crippen LogP contribution in [0.2, 0.25) is 0 Å². The number of fused-ring (bicyclic) bond motifs is 2. The van der Waals surface area contributed by atoms with Crippen LogP contribution in [0.25, 0.3) is 77.9 Å². The largest absolute Gasteiger partial charge is 0.507 e. The Kier molecular flexibility index (Phi) is 49.5. The van der Waals surface area contributed by atoms with E-state index in [9.17, 15) is 20.4 Å². The minimum Gasteiger partial charge on any atom is -0.507 e. The molecule has 148 heavy (non-hydrogen) atoms. The molecule has 0 fully saturated rings. The average molecular weight is 2360 g/mol. The second kappa shape index (κ2) is 59.3. The first-order valence-electron chi connectivity index (χ1n) is 52.4. The fourth-order valence-corrected chi connectivity index (χ4v) is 22.7. The van der Waals surface area contributed by atoms with E-state index in [1.165, 1.54) is 114 Å². The van der Waals surface area contributed by atoms with E-state index in [-0.39, 0.29) is 16.2 Å². The Morgan fingerprint density at radius 3 is 0.649 bits per heavy atom. The summed E-state index contributed by atoms with van der Waals surface area (Å²) in [6.45, 7) is 60.0. The van der Waals surface area contributed by atoms with Crippen LogP contribution in [0, 0.1) is 23.2 Å². The first-order valence-corrected chi connectivity index (χ1v) is 60.2. The Bertz CT molecular complexity index is 5900. The molecule has 14 aromatic rings. The molecule has 0 radical (unpaired) electrons. The fraction of sp³-hybridized carbons (Fsp3) is 0.351. The van der Waals surface area contributed by atoms with Crippen molar-refractivity contribution in [3.05, 3.63) is 373 Å². The Morgan fingerprint density at radius 2 is 0.446 bits per heavy atom. The van der Waals surface area contributed by atoms with Gasteiger partial charge in [0, 0.05) is 43.4 Å². The molecule has 0 amide bonds. The predicted octanol–water partition coefficient (Wildman–Crippen LogP) is 39.4. The summed E-state index contributed by atoms with van der Waals surface area (Å²) in [6.07, 6.45) is 9.46. The molecule has 0 bridgehead atoms. The zero-order valence-corrected chi connectivity index (χ0v) is 102. The van der Waals surface area contributed by atoms with Gasteiger partial charge in [-0.2, -0.15) is 0 Å². The molecule has 14 aromatic carbocycles. The van der Waals surface area contributed by atoms with Crippen molar-refractivity contribution < 1.29 is 84.4 Å². The number of hydrogen-bond acceptors (Lipinski definition) is 9. The topological polar surface area (TPSA) is 158 Å². The maximum Gasteiger partial charge on any atom is 0.137 e. The van der Waals surface area contributed by atoms with Crippen LogP contribution in [0.15, 0.2) is 323 Å². The second-order valence-electron chi connectivity index (χ2n) is 45.1. The van der Waals surface area contributed by atoms with E-state index in [1.54, 1.807) is 41.5 Å². The molecular weight excluding hydrogens is 2200 g/mol. The molecule has 9 nitrogen and oxygen atoms in total. The van der Waals surface area contributed by atoms with Crippen LogP contribution in [0.4, 0.5) is 17.1 Å². The van der Waals surface area contributed by atoms with Gasteiger partial charge in [-0.25, -0.2) is 0 Å². The van der Waals surface area contributed by atoms with E-state index in [2.05, 4.69) is 264 Å². The molecule has 16 rings (SSSR count). The molecule has 2 aliphatic rings. The van der Waals surface area contributed by atoms with Crippen molar-refractivity contribution in [3.8, 4) is 101 Å². The van der Waals surface area contributed by atoms with E-state index >= 15 is 0 Å². The molecule has 0 unspecified atom stereocenters. The second-order valence-corrected chi connectivity index (χ2v) is 51.4. The van der Waals surface area contributed by atoms with Crippen molar-refractivity contribution >= 4 is 62.1 Å². The minimum atomic E-state index is -0.500. The number of para-hydroxylation sites is 3. The molecule has 0 saturated heterocycles. The van der Waals surface area contributed by atoms with Gasteiger partial charge in [-0.05, 0) is 195 Å². The maximum atomic E-state index is 11.0. The molecular formula is C134H165Br2Mo3N3O6. The van der Waals surface area contributed by atoms with Crippen LogP contribution < -0.4 is 0 Å². The summed E-state index contributed by atoms with van der Waals surface area (Å²) in [5.41, 5.74) is 32.8. The van der Waals surface area contributed by atoms with Crippen molar-refractivity contribution in [2.45, 2.75) is 292 Å². The SMILES string of the molecule is CC(C)(C)O.CC(C)(C)O.CC(C)c1cccc(C(C)C)c1[N]=[Mo]=[CH]C(C)(C)C.CC(C)c1cccc(C(C)C)c1[N]=[Mo]=[CH]C(C)(C)C.CC(C)c1cccc(C(C)C)c1[N]=[Mo]=[CH]C(C)(C)C.Cc1c(Br)cc2c(c1-c1c(O)c(Br)cc3c1CCCC3)CCCC2.Oc1c(-c2ccccc2)cccc1-c1ccccc1.Oc1c(-c2ccccc2)cccc1-c1ccccc1.Oc1c(-c2ccccc2)cccc1-c1ccccc1. The van der Waals surface area contributed by atoms with E-state index in [0.717, 1.165) is 102 Å². The average Bonchev–Trinajstić information content (AvgIpc) is 0.743. The quantitative estimate of drug-likeness (QED) is 0.0529. The van der Waals surface area contributed by atoms with Gasteiger partial charge in [0.05, 0.1) is 15.7 Å². The standard InChI is InChI=1S/C21H22Br2O.3C18H14O.3C12H17N.3C5H10.2C4H10O.3Mo/c1-12-17(22)10-13-6-2-4-8-15(13)19(12)20-16-9-5-3-7-14(16)11-18(23)21(20)24;3*19-18-16(14-8-3-1-4-9-14)12-7-13-17(18)15-10-5-2-6-11-15;3*1-8(2)10-6-5-7-11(9(3)4)12(10)13;3*1-5(2,3)4;2*1-4(2,3)5;;;/h10-11,24H,2-9H2,1H3;3*1-13,19H;3*5-9H,1-4H3;3*1H,2-4H3;2*5H,1-3H3;;;. The van der Waals surface area contributed by atoms with E-state index in [0.29, 0.717) is 58.5 Å². The molecule has 2 aliphatic carbocycles. The Labute approximate surface area is 930 Å². The number of halogens is 2. The summed E-state index contributed by atoms with van der Waals surface area (Å²) < 4.78 is 24.3. The summed E-state index contributed by atoms with van der Waals surface area (Å²) in [4.78, 5) is 0. The third-order valence-electron chi connectivity index (χ3n) is 24.0. The predicted molar refractivity (Wildman–Crippen MR) is 635 cm³/mol. The number of aromatic hydroxyl groups is 4.